The highest BCUT2D eigenvalue weighted by Crippen LogP contribution is 2.01. The summed E-state index contributed by atoms with van der Waals surface area (Å²) in [6.45, 7) is 5.64. The highest BCUT2D eigenvalue weighted by Gasteiger charge is 2.16. The molecule has 0 aromatic carbocycles. The monoisotopic (exact) mass is 243 g/mol. The number of carbonyl (C=O) groups excluding carboxylic acids is 2. The highest BCUT2D eigenvalue weighted by atomic mass is 16.5. The first-order valence-corrected chi connectivity index (χ1v) is 5.70. The molecule has 1 amide bonds. The predicted octanol–water partition coefficient (Wildman–Crippen LogP) is 0.318. The number of hydrogen-bond acceptors (Lipinski definition) is 3. The lowest BCUT2D eigenvalue weighted by molar-refractivity contribution is -0.889. The van der Waals surface area contributed by atoms with Crippen LogP contribution in [0.25, 0.3) is 0 Å². The Hall–Kier alpha value is -1.36. The second kappa shape index (κ2) is 7.84. The maximum Gasteiger partial charge on any atom is 0.311 e. The second-order valence-corrected chi connectivity index (χ2v) is 4.56. The van der Waals surface area contributed by atoms with Gasteiger partial charge in [-0.3, -0.25) is 9.59 Å². The van der Waals surface area contributed by atoms with Crippen LogP contribution in [0.5, 0.6) is 0 Å². The van der Waals surface area contributed by atoms with E-state index in [2.05, 4.69) is 30.7 Å². The number of methoxy groups -OCH3 is 1. The molecule has 1 N–H and O–H groups in total. The van der Waals surface area contributed by atoms with Gasteiger partial charge in [-0.2, -0.15) is 0 Å². The van der Waals surface area contributed by atoms with E-state index in [4.69, 9.17) is 0 Å². The Kier molecular flexibility index (Phi) is 7.21. The van der Waals surface area contributed by atoms with E-state index in [1.807, 2.05) is 0 Å². The molecule has 0 aromatic heterocycles. The molecule has 0 rings (SSSR count). The zero-order valence-electron chi connectivity index (χ0n) is 11.0. The Bertz CT molecular complexity index is 275. The Labute approximate surface area is 103 Å². The predicted molar refractivity (Wildman–Crippen MR) is 66.3 cm³/mol. The van der Waals surface area contributed by atoms with Crippen LogP contribution in [0.3, 0.4) is 0 Å². The molecule has 17 heavy (non-hydrogen) atoms. The minimum atomic E-state index is -0.184. The molecule has 98 valence electrons. The van der Waals surface area contributed by atoms with Crippen LogP contribution in [0, 0.1) is 0 Å². The molecule has 0 heterocycles. The van der Waals surface area contributed by atoms with E-state index < -0.39 is 0 Å². The topological polar surface area (TPSA) is 55.4 Å². The lowest BCUT2D eigenvalue weighted by atomic mass is 10.3. The van der Waals surface area contributed by atoms with E-state index in [9.17, 15) is 9.59 Å². The minimum absolute atomic E-state index is 0.148. The average Bonchev–Trinajstić information content (AvgIpc) is 2.31. The first-order valence-electron chi connectivity index (χ1n) is 5.70. The van der Waals surface area contributed by atoms with Gasteiger partial charge in [0.2, 0.25) is 5.91 Å². The van der Waals surface area contributed by atoms with E-state index in [1.54, 1.807) is 0 Å². The van der Waals surface area contributed by atoms with Crippen molar-refractivity contribution in [3.05, 3.63) is 12.7 Å². The van der Waals surface area contributed by atoms with Crippen LogP contribution in [0.1, 0.15) is 12.8 Å². The number of hydrogen-bond donors (Lipinski definition) is 1. The zero-order chi connectivity index (χ0) is 13.3. The molecule has 5 nitrogen and oxygen atoms in total. The van der Waals surface area contributed by atoms with Crippen LogP contribution in [0.15, 0.2) is 12.7 Å². The van der Waals surface area contributed by atoms with Gasteiger partial charge in [0.25, 0.3) is 0 Å². The molecule has 0 fully saturated rings. The summed E-state index contributed by atoms with van der Waals surface area (Å²) in [5.74, 6) is -0.332. The SMILES string of the molecule is C=CC(=O)NCCC[N+](C)(C)CCC(=O)OC. The number of quaternary nitrogens is 1. The van der Waals surface area contributed by atoms with Crippen molar-refractivity contribution in [3.8, 4) is 0 Å². The number of ether oxygens (including phenoxy) is 1. The van der Waals surface area contributed by atoms with Crippen molar-refractivity contribution in [2.75, 3.05) is 40.8 Å². The molecule has 0 aromatic rings. The molecule has 0 unspecified atom stereocenters. The van der Waals surface area contributed by atoms with E-state index in [0.29, 0.717) is 13.0 Å². The standard InChI is InChI=1S/C12H22N2O3/c1-5-11(15)13-8-6-9-14(2,3)10-7-12(16)17-4/h5H,1,6-10H2,2-4H3/p+1. The van der Waals surface area contributed by atoms with Crippen molar-refractivity contribution < 1.29 is 18.8 Å². The van der Waals surface area contributed by atoms with Crippen LogP contribution >= 0.6 is 0 Å². The van der Waals surface area contributed by atoms with E-state index in [1.165, 1.54) is 13.2 Å². The molecule has 0 aliphatic carbocycles. The quantitative estimate of drug-likeness (QED) is 0.289. The van der Waals surface area contributed by atoms with Crippen LogP contribution < -0.4 is 5.32 Å². The zero-order valence-corrected chi connectivity index (χ0v) is 11.0. The largest absolute Gasteiger partial charge is 0.469 e. The number of nitrogens with one attached hydrogen (secondary N) is 1. The molecular formula is C12H23N2O3+. The van der Waals surface area contributed by atoms with Crippen molar-refractivity contribution >= 4 is 11.9 Å². The van der Waals surface area contributed by atoms with Gasteiger partial charge in [-0.15, -0.1) is 0 Å². The Balaban J connectivity index is 3.73. The third-order valence-corrected chi connectivity index (χ3v) is 2.57. The van der Waals surface area contributed by atoms with Crippen LogP contribution in [0.2, 0.25) is 0 Å². The smallest absolute Gasteiger partial charge is 0.311 e. The highest BCUT2D eigenvalue weighted by molar-refractivity contribution is 5.86. The van der Waals surface area contributed by atoms with Gasteiger partial charge in [0.05, 0.1) is 40.7 Å². The number of nitrogens with zero attached hydrogens (tertiary/aromatic N) is 1. The van der Waals surface area contributed by atoms with Gasteiger partial charge >= 0.3 is 5.97 Å². The third-order valence-electron chi connectivity index (χ3n) is 2.57. The van der Waals surface area contributed by atoms with Gasteiger partial charge in [-0.05, 0) is 6.08 Å². The summed E-state index contributed by atoms with van der Waals surface area (Å²) in [5.41, 5.74) is 0. The third kappa shape index (κ3) is 8.45. The van der Waals surface area contributed by atoms with Gasteiger partial charge < -0.3 is 14.5 Å². The normalized spacial score (nSPS) is 10.8. The second-order valence-electron chi connectivity index (χ2n) is 4.56. The lowest BCUT2D eigenvalue weighted by Crippen LogP contribution is -2.43. The van der Waals surface area contributed by atoms with Crippen molar-refractivity contribution in [2.45, 2.75) is 12.8 Å². The van der Waals surface area contributed by atoms with Crippen molar-refractivity contribution in [2.24, 2.45) is 0 Å². The molecule has 5 heteroatoms. The van der Waals surface area contributed by atoms with Crippen LogP contribution in [-0.2, 0) is 14.3 Å². The summed E-state index contributed by atoms with van der Waals surface area (Å²) < 4.78 is 5.34. The molecule has 0 atom stereocenters. The van der Waals surface area contributed by atoms with Crippen molar-refractivity contribution in [3.63, 3.8) is 0 Å². The molecule has 0 aliphatic heterocycles. The minimum Gasteiger partial charge on any atom is -0.469 e. The molecule has 0 saturated heterocycles. The number of rotatable bonds is 8. The Morgan fingerprint density at radius 3 is 2.53 bits per heavy atom. The molecule has 0 spiro atoms. The first kappa shape index (κ1) is 15.6. The number of esters is 1. The van der Waals surface area contributed by atoms with E-state index >= 15 is 0 Å². The van der Waals surface area contributed by atoms with E-state index in [-0.39, 0.29) is 11.9 Å². The number of carbonyl (C=O) groups is 2. The average molecular weight is 243 g/mol. The summed E-state index contributed by atoms with van der Waals surface area (Å²) in [6, 6.07) is 0. The number of amides is 1. The van der Waals surface area contributed by atoms with Gasteiger partial charge in [0, 0.05) is 13.0 Å². The maximum atomic E-state index is 11.0. The fraction of sp³-hybridized carbons (Fsp3) is 0.667. The van der Waals surface area contributed by atoms with Gasteiger partial charge in [-0.1, -0.05) is 6.58 Å². The van der Waals surface area contributed by atoms with Crippen molar-refractivity contribution in [1.82, 2.24) is 5.32 Å². The molecule has 0 saturated carbocycles. The maximum absolute atomic E-state index is 11.0. The Morgan fingerprint density at radius 2 is 2.00 bits per heavy atom. The fourth-order valence-electron chi connectivity index (χ4n) is 1.40. The molecular weight excluding hydrogens is 220 g/mol. The molecule has 0 bridgehead atoms. The fourth-order valence-corrected chi connectivity index (χ4v) is 1.40. The van der Waals surface area contributed by atoms with Crippen LogP contribution in [-0.4, -0.2) is 57.2 Å². The van der Waals surface area contributed by atoms with E-state index in [0.717, 1.165) is 24.0 Å². The summed E-state index contributed by atoms with van der Waals surface area (Å²) in [5, 5.41) is 2.72. The van der Waals surface area contributed by atoms with Gasteiger partial charge in [0.15, 0.2) is 0 Å². The summed E-state index contributed by atoms with van der Waals surface area (Å²) >= 11 is 0. The summed E-state index contributed by atoms with van der Waals surface area (Å²) in [6.07, 6.45) is 2.55. The van der Waals surface area contributed by atoms with Crippen LogP contribution in [0.4, 0.5) is 0 Å². The first-order chi connectivity index (χ1) is 7.91. The Morgan fingerprint density at radius 1 is 1.35 bits per heavy atom. The van der Waals surface area contributed by atoms with Gasteiger partial charge in [-0.25, -0.2) is 0 Å². The molecule has 0 radical (unpaired) electrons. The lowest BCUT2D eigenvalue weighted by Gasteiger charge is -2.29. The summed E-state index contributed by atoms with van der Waals surface area (Å²) in [7, 11) is 5.50. The summed E-state index contributed by atoms with van der Waals surface area (Å²) in [4.78, 5) is 21.9. The van der Waals surface area contributed by atoms with Crippen molar-refractivity contribution in [1.29, 1.82) is 0 Å². The van der Waals surface area contributed by atoms with Gasteiger partial charge in [0.1, 0.15) is 0 Å². The molecule has 0 aliphatic rings.